The Balaban J connectivity index is 2.14. The van der Waals surface area contributed by atoms with E-state index < -0.39 is 11.2 Å². The number of likely N-dealkylation sites (N-methyl/N-ethyl adjacent to an activating group) is 1. The number of hydrogen-bond donors (Lipinski definition) is 1. The van der Waals surface area contributed by atoms with Crippen molar-refractivity contribution >= 4 is 17.0 Å². The Labute approximate surface area is 109 Å². The van der Waals surface area contributed by atoms with Crippen molar-refractivity contribution in [3.8, 4) is 0 Å². The van der Waals surface area contributed by atoms with Gasteiger partial charge in [-0.15, -0.1) is 0 Å². The van der Waals surface area contributed by atoms with Crippen LogP contribution in [0.3, 0.4) is 0 Å². The Bertz CT molecular complexity index is 722. The minimum atomic E-state index is -0.523. The molecule has 1 saturated carbocycles. The summed E-state index contributed by atoms with van der Waals surface area (Å²) in [5.74, 6) is 5.06. The Morgan fingerprint density at radius 2 is 2.16 bits per heavy atom. The van der Waals surface area contributed by atoms with Crippen molar-refractivity contribution < 1.29 is 9.21 Å². The minimum Gasteiger partial charge on any atom is -0.408 e. The summed E-state index contributed by atoms with van der Waals surface area (Å²) in [5, 5.41) is 1.13. The van der Waals surface area contributed by atoms with E-state index in [1.807, 2.05) is 12.1 Å². The van der Waals surface area contributed by atoms with Gasteiger partial charge in [0.15, 0.2) is 5.58 Å². The maximum Gasteiger partial charge on any atom is 0.419 e. The molecule has 0 aliphatic heterocycles. The quantitative estimate of drug-likeness (QED) is 0.485. The summed E-state index contributed by atoms with van der Waals surface area (Å²) in [6, 6.07) is 5.41. The summed E-state index contributed by atoms with van der Waals surface area (Å²) in [7, 11) is 3.20. The third-order valence-corrected chi connectivity index (χ3v) is 3.82. The number of aromatic nitrogens is 1. The Morgan fingerprint density at radius 3 is 2.74 bits per heavy atom. The number of carbonyl (C=O) groups is 1. The molecule has 1 amide bonds. The molecule has 1 aromatic carbocycles. The zero-order valence-electron chi connectivity index (χ0n) is 10.8. The summed E-state index contributed by atoms with van der Waals surface area (Å²) >= 11 is 0. The van der Waals surface area contributed by atoms with Gasteiger partial charge < -0.3 is 4.42 Å². The second-order valence-electron chi connectivity index (χ2n) is 5.11. The number of rotatable bonds is 2. The maximum absolute atomic E-state index is 12.2. The number of carbonyl (C=O) groups excluding carboxylic acids is 1. The van der Waals surface area contributed by atoms with Crippen LogP contribution in [0.2, 0.25) is 0 Å². The van der Waals surface area contributed by atoms with Crippen molar-refractivity contribution in [1.29, 1.82) is 0 Å². The van der Waals surface area contributed by atoms with E-state index in [1.54, 1.807) is 20.2 Å². The molecule has 1 heterocycles. The standard InChI is InChI=1S/C13H15N3O3/c1-15-9-7-8(3-4-10(9)19-12(15)18)13(5-6-13)11(17)16(2)14/h3-4,7H,5-6,14H2,1-2H3. The molecule has 1 fully saturated rings. The highest BCUT2D eigenvalue weighted by Crippen LogP contribution is 2.49. The van der Waals surface area contributed by atoms with Gasteiger partial charge in [0.05, 0.1) is 10.9 Å². The first-order valence-corrected chi connectivity index (χ1v) is 6.09. The molecule has 6 nitrogen and oxygen atoms in total. The first-order chi connectivity index (χ1) is 8.95. The van der Waals surface area contributed by atoms with E-state index in [1.165, 1.54) is 4.57 Å². The number of nitrogens with zero attached hydrogens (tertiary/aromatic N) is 2. The lowest BCUT2D eigenvalue weighted by molar-refractivity contribution is -0.132. The third kappa shape index (κ3) is 1.60. The molecule has 6 heteroatoms. The van der Waals surface area contributed by atoms with E-state index in [4.69, 9.17) is 10.3 Å². The molecule has 1 aliphatic carbocycles. The molecular weight excluding hydrogens is 246 g/mol. The Kier molecular flexibility index (Phi) is 2.34. The summed E-state index contributed by atoms with van der Waals surface area (Å²) < 4.78 is 6.52. The number of hydrogen-bond acceptors (Lipinski definition) is 4. The lowest BCUT2D eigenvalue weighted by Crippen LogP contribution is -2.41. The lowest BCUT2D eigenvalue weighted by atomic mass is 9.94. The first kappa shape index (κ1) is 12.0. The molecule has 0 radical (unpaired) electrons. The van der Waals surface area contributed by atoms with Crippen LogP contribution in [-0.2, 0) is 17.3 Å². The highest BCUT2D eigenvalue weighted by atomic mass is 16.4. The second-order valence-corrected chi connectivity index (χ2v) is 5.11. The Morgan fingerprint density at radius 1 is 1.47 bits per heavy atom. The fraction of sp³-hybridized carbons (Fsp3) is 0.385. The monoisotopic (exact) mass is 261 g/mol. The predicted octanol–water partition coefficient (Wildman–Crippen LogP) is 0.495. The van der Waals surface area contributed by atoms with Gasteiger partial charge in [-0.2, -0.15) is 0 Å². The SMILES string of the molecule is CN(N)C(=O)C1(c2ccc3oc(=O)n(C)c3c2)CC1. The van der Waals surface area contributed by atoms with E-state index in [0.717, 1.165) is 23.4 Å². The van der Waals surface area contributed by atoms with Crippen LogP contribution in [0.5, 0.6) is 0 Å². The van der Waals surface area contributed by atoms with Gasteiger partial charge in [0.25, 0.3) is 0 Å². The number of oxazole rings is 1. The third-order valence-electron chi connectivity index (χ3n) is 3.82. The van der Waals surface area contributed by atoms with Crippen molar-refractivity contribution in [3.05, 3.63) is 34.3 Å². The molecular formula is C13H15N3O3. The lowest BCUT2D eigenvalue weighted by Gasteiger charge is -2.19. The molecule has 0 atom stereocenters. The van der Waals surface area contributed by atoms with E-state index >= 15 is 0 Å². The normalized spacial score (nSPS) is 16.6. The molecule has 100 valence electrons. The van der Waals surface area contributed by atoms with Gasteiger partial charge in [-0.05, 0) is 30.5 Å². The summed E-state index contributed by atoms with van der Waals surface area (Å²) in [6.07, 6.45) is 1.56. The van der Waals surface area contributed by atoms with Gasteiger partial charge in [0.2, 0.25) is 5.91 Å². The fourth-order valence-corrected chi connectivity index (χ4v) is 2.51. The summed E-state index contributed by atoms with van der Waals surface area (Å²) in [4.78, 5) is 23.6. The van der Waals surface area contributed by atoms with Gasteiger partial charge in [-0.3, -0.25) is 14.4 Å². The van der Waals surface area contributed by atoms with Gasteiger partial charge in [0, 0.05) is 14.1 Å². The molecule has 0 spiro atoms. The van der Waals surface area contributed by atoms with Crippen LogP contribution in [0.15, 0.2) is 27.4 Å². The first-order valence-electron chi connectivity index (χ1n) is 6.09. The van der Waals surface area contributed by atoms with Crippen LogP contribution in [0.25, 0.3) is 11.1 Å². The van der Waals surface area contributed by atoms with Gasteiger partial charge >= 0.3 is 5.76 Å². The van der Waals surface area contributed by atoms with Crippen LogP contribution in [0.4, 0.5) is 0 Å². The molecule has 3 rings (SSSR count). The number of amides is 1. The van der Waals surface area contributed by atoms with Crippen LogP contribution >= 0.6 is 0 Å². The predicted molar refractivity (Wildman–Crippen MR) is 69.3 cm³/mol. The number of hydrazine groups is 1. The molecule has 1 aromatic heterocycles. The molecule has 2 aromatic rings. The van der Waals surface area contributed by atoms with Gasteiger partial charge in [0.1, 0.15) is 0 Å². The molecule has 0 saturated heterocycles. The van der Waals surface area contributed by atoms with Crippen molar-refractivity contribution in [1.82, 2.24) is 9.58 Å². The van der Waals surface area contributed by atoms with Gasteiger partial charge in [-0.1, -0.05) is 6.07 Å². The van der Waals surface area contributed by atoms with E-state index in [-0.39, 0.29) is 5.91 Å². The molecule has 0 unspecified atom stereocenters. The average molecular weight is 261 g/mol. The molecule has 1 aliphatic rings. The van der Waals surface area contributed by atoms with Gasteiger partial charge in [-0.25, -0.2) is 10.6 Å². The van der Waals surface area contributed by atoms with Crippen LogP contribution < -0.4 is 11.6 Å². The zero-order chi connectivity index (χ0) is 13.8. The largest absolute Gasteiger partial charge is 0.419 e. The van der Waals surface area contributed by atoms with Crippen LogP contribution in [0.1, 0.15) is 18.4 Å². The van der Waals surface area contributed by atoms with Crippen molar-refractivity contribution in [3.63, 3.8) is 0 Å². The summed E-state index contributed by atoms with van der Waals surface area (Å²) in [6.45, 7) is 0. The summed E-state index contributed by atoms with van der Waals surface area (Å²) in [5.41, 5.74) is 1.59. The van der Waals surface area contributed by atoms with Crippen molar-refractivity contribution in [2.75, 3.05) is 7.05 Å². The number of nitrogens with two attached hydrogens (primary N) is 1. The highest BCUT2D eigenvalue weighted by molar-refractivity contribution is 5.92. The van der Waals surface area contributed by atoms with Crippen molar-refractivity contribution in [2.45, 2.75) is 18.3 Å². The van der Waals surface area contributed by atoms with Crippen LogP contribution in [-0.4, -0.2) is 22.5 Å². The van der Waals surface area contributed by atoms with E-state index in [0.29, 0.717) is 11.1 Å². The smallest absolute Gasteiger partial charge is 0.408 e. The average Bonchev–Trinajstić information content (AvgIpc) is 3.13. The zero-order valence-corrected chi connectivity index (χ0v) is 10.8. The van der Waals surface area contributed by atoms with E-state index in [2.05, 4.69) is 0 Å². The van der Waals surface area contributed by atoms with E-state index in [9.17, 15) is 9.59 Å². The number of aryl methyl sites for hydroxylation is 1. The maximum atomic E-state index is 12.2. The highest BCUT2D eigenvalue weighted by Gasteiger charge is 2.52. The Hall–Kier alpha value is -2.08. The number of fused-ring (bicyclic) bond motifs is 1. The second kappa shape index (κ2) is 3.71. The topological polar surface area (TPSA) is 81.5 Å². The fourth-order valence-electron chi connectivity index (χ4n) is 2.51. The minimum absolute atomic E-state index is 0.0969. The molecule has 19 heavy (non-hydrogen) atoms. The van der Waals surface area contributed by atoms with Crippen LogP contribution in [0, 0.1) is 0 Å². The molecule has 0 bridgehead atoms. The number of benzene rings is 1. The molecule has 2 N–H and O–H groups in total. The van der Waals surface area contributed by atoms with Crippen molar-refractivity contribution in [2.24, 2.45) is 12.9 Å².